The van der Waals surface area contributed by atoms with Crippen LogP contribution in [0.5, 0.6) is 0 Å². The number of fused-ring (bicyclic) bond motifs is 3. The molecule has 4 atom stereocenters. The summed E-state index contributed by atoms with van der Waals surface area (Å²) in [5.41, 5.74) is 5.21. The summed E-state index contributed by atoms with van der Waals surface area (Å²) in [7, 11) is 3.07. The molecule has 0 saturated heterocycles. The lowest BCUT2D eigenvalue weighted by molar-refractivity contribution is -0.150. The molecule has 3 aromatic rings. The Balaban J connectivity index is 1.43. The van der Waals surface area contributed by atoms with Gasteiger partial charge in [0.1, 0.15) is 37.4 Å². The molecule has 0 unspecified atom stereocenters. The third-order valence-electron chi connectivity index (χ3n) is 10.1. The summed E-state index contributed by atoms with van der Waals surface area (Å²) < 4.78 is 11.3. The predicted molar refractivity (Wildman–Crippen MR) is 213 cm³/mol. The number of nitrogens with one attached hydrogen (secondary N) is 2. The summed E-state index contributed by atoms with van der Waals surface area (Å²) in [5.74, 6) is -2.49. The molecule has 296 valence electrons. The van der Waals surface area contributed by atoms with Crippen LogP contribution >= 0.6 is 0 Å². The number of likely N-dealkylation sites (N-methyl/N-ethyl adjacent to an activating group) is 2. The summed E-state index contributed by atoms with van der Waals surface area (Å²) >= 11 is 0. The van der Waals surface area contributed by atoms with Gasteiger partial charge in [-0.25, -0.2) is 9.59 Å². The largest absolute Gasteiger partial charge is 0.459 e. The van der Waals surface area contributed by atoms with Gasteiger partial charge in [0.25, 0.3) is 0 Å². The Labute approximate surface area is 326 Å². The van der Waals surface area contributed by atoms with E-state index in [0.29, 0.717) is 12.8 Å². The summed E-state index contributed by atoms with van der Waals surface area (Å²) in [5, 5.41) is 5.64. The monoisotopic (exact) mass is 754 g/mol. The fraction of sp³-hybridized carbons (Fsp3) is 0.477. The fourth-order valence-electron chi connectivity index (χ4n) is 6.96. The van der Waals surface area contributed by atoms with Crippen molar-refractivity contribution in [1.29, 1.82) is 0 Å². The van der Waals surface area contributed by atoms with E-state index in [-0.39, 0.29) is 36.9 Å². The second-order valence-corrected chi connectivity index (χ2v) is 15.7. The molecule has 11 heteroatoms. The van der Waals surface area contributed by atoms with E-state index in [9.17, 15) is 24.0 Å². The van der Waals surface area contributed by atoms with E-state index in [0.717, 1.165) is 27.8 Å². The molecule has 2 N–H and O–H groups in total. The molecule has 4 rings (SSSR count). The van der Waals surface area contributed by atoms with Crippen molar-refractivity contribution in [2.75, 3.05) is 20.7 Å². The Bertz CT molecular complexity index is 1750. The third kappa shape index (κ3) is 11.0. The van der Waals surface area contributed by atoms with Crippen molar-refractivity contribution in [1.82, 2.24) is 20.4 Å². The summed E-state index contributed by atoms with van der Waals surface area (Å²) in [6.45, 7) is 13.1. The standard InChI is InChI=1S/C44H58N4O7/c1-27(2)23-37(40(49)45-30(7)43(52)54-25-31-17-11-10-12-18-31)47(8)42(51)39(29(5)6)46-41(50)38(24-28(3)4)48(9)44(53)55-26-36-34-21-15-13-19-32(34)33-20-14-16-22-35(33)36/h10-22,27-30,36-39H,23-26H2,1-9H3,(H,45,49)(H,46,50)/t30-,37-,38-,39-/m0/s1. The number of hydrogen-bond donors (Lipinski definition) is 2. The van der Waals surface area contributed by atoms with E-state index in [1.807, 2.05) is 108 Å². The first-order valence-corrected chi connectivity index (χ1v) is 19.3. The summed E-state index contributed by atoms with van der Waals surface area (Å²) in [4.78, 5) is 70.9. The zero-order valence-electron chi connectivity index (χ0n) is 33.7. The lowest BCUT2D eigenvalue weighted by Crippen LogP contribution is -2.59. The van der Waals surface area contributed by atoms with E-state index in [1.165, 1.54) is 16.8 Å². The van der Waals surface area contributed by atoms with Gasteiger partial charge in [-0.15, -0.1) is 0 Å². The molecular formula is C44H58N4O7. The van der Waals surface area contributed by atoms with Gasteiger partial charge in [-0.2, -0.15) is 0 Å². The molecule has 4 amide bonds. The molecular weight excluding hydrogens is 697 g/mol. The lowest BCUT2D eigenvalue weighted by atomic mass is 9.97. The highest BCUT2D eigenvalue weighted by Gasteiger charge is 2.38. The average molecular weight is 755 g/mol. The minimum absolute atomic E-state index is 0.0275. The summed E-state index contributed by atoms with van der Waals surface area (Å²) in [6.07, 6.45) is 0.00853. The number of amides is 4. The zero-order valence-corrected chi connectivity index (χ0v) is 33.7. The van der Waals surface area contributed by atoms with Gasteiger partial charge in [0.15, 0.2) is 0 Å². The van der Waals surface area contributed by atoms with Crippen LogP contribution in [0.4, 0.5) is 4.79 Å². The van der Waals surface area contributed by atoms with Gasteiger partial charge in [0, 0.05) is 20.0 Å². The topological polar surface area (TPSA) is 134 Å². The van der Waals surface area contributed by atoms with Crippen LogP contribution in [0.3, 0.4) is 0 Å². The maximum absolute atomic E-state index is 14.2. The maximum atomic E-state index is 14.2. The van der Waals surface area contributed by atoms with Crippen molar-refractivity contribution in [3.05, 3.63) is 95.6 Å². The van der Waals surface area contributed by atoms with Crippen LogP contribution in [0.1, 0.15) is 83.9 Å². The van der Waals surface area contributed by atoms with Gasteiger partial charge in [0.05, 0.1) is 0 Å². The number of hydrogen-bond acceptors (Lipinski definition) is 7. The molecule has 0 spiro atoms. The first-order valence-electron chi connectivity index (χ1n) is 19.3. The molecule has 3 aromatic carbocycles. The minimum Gasteiger partial charge on any atom is -0.459 e. The molecule has 11 nitrogen and oxygen atoms in total. The van der Waals surface area contributed by atoms with Crippen molar-refractivity contribution in [2.24, 2.45) is 17.8 Å². The molecule has 1 aliphatic carbocycles. The zero-order chi connectivity index (χ0) is 40.4. The number of carbonyl (C=O) groups excluding carboxylic acids is 5. The van der Waals surface area contributed by atoms with E-state index >= 15 is 0 Å². The Morgan fingerprint density at radius 3 is 1.65 bits per heavy atom. The van der Waals surface area contributed by atoms with E-state index in [4.69, 9.17) is 9.47 Å². The Morgan fingerprint density at radius 2 is 1.13 bits per heavy atom. The lowest BCUT2D eigenvalue weighted by Gasteiger charge is -2.35. The van der Waals surface area contributed by atoms with Crippen LogP contribution in [-0.2, 0) is 35.3 Å². The van der Waals surface area contributed by atoms with Crippen molar-refractivity contribution in [3.8, 4) is 11.1 Å². The van der Waals surface area contributed by atoms with Gasteiger partial charge in [-0.3, -0.25) is 19.3 Å². The highest BCUT2D eigenvalue weighted by atomic mass is 16.6. The van der Waals surface area contributed by atoms with Gasteiger partial charge in [0.2, 0.25) is 17.7 Å². The molecule has 0 radical (unpaired) electrons. The van der Waals surface area contributed by atoms with E-state index in [1.54, 1.807) is 14.0 Å². The van der Waals surface area contributed by atoms with Gasteiger partial charge >= 0.3 is 12.1 Å². The minimum atomic E-state index is -1.00. The first-order chi connectivity index (χ1) is 26.1. The van der Waals surface area contributed by atoms with Crippen molar-refractivity contribution in [3.63, 3.8) is 0 Å². The highest BCUT2D eigenvalue weighted by Crippen LogP contribution is 2.44. The van der Waals surface area contributed by atoms with Crippen molar-refractivity contribution >= 4 is 29.8 Å². The van der Waals surface area contributed by atoms with Crippen LogP contribution in [0.25, 0.3) is 11.1 Å². The molecule has 0 aromatic heterocycles. The molecule has 0 aliphatic heterocycles. The molecule has 0 bridgehead atoms. The smallest absolute Gasteiger partial charge is 0.410 e. The van der Waals surface area contributed by atoms with Gasteiger partial charge < -0.3 is 25.0 Å². The third-order valence-corrected chi connectivity index (χ3v) is 10.1. The van der Waals surface area contributed by atoms with Crippen LogP contribution in [0.2, 0.25) is 0 Å². The SMILES string of the molecule is CC(C)C[C@@H](C(=O)N[C@H](C(=O)N(C)[C@@H](CC(C)C)C(=O)N[C@@H](C)C(=O)OCc1ccccc1)C(C)C)N(C)C(=O)OCC1c2ccccc2-c2ccccc21. The number of nitrogens with zero attached hydrogens (tertiary/aromatic N) is 2. The molecule has 0 saturated carbocycles. The van der Waals surface area contributed by atoms with Crippen molar-refractivity contribution < 1.29 is 33.4 Å². The molecule has 55 heavy (non-hydrogen) atoms. The Kier molecular flexibility index (Phi) is 15.0. The number of ether oxygens (including phenoxy) is 2. The van der Waals surface area contributed by atoms with E-state index in [2.05, 4.69) is 22.8 Å². The summed E-state index contributed by atoms with van der Waals surface area (Å²) in [6, 6.07) is 21.6. The second-order valence-electron chi connectivity index (χ2n) is 15.7. The molecule has 1 aliphatic rings. The number of rotatable bonds is 17. The Hall–Kier alpha value is -5.19. The number of benzene rings is 3. The van der Waals surface area contributed by atoms with Crippen LogP contribution in [0, 0.1) is 17.8 Å². The predicted octanol–water partition coefficient (Wildman–Crippen LogP) is 6.54. The normalized spacial score (nSPS) is 14.3. The molecule has 0 fully saturated rings. The molecule has 0 heterocycles. The van der Waals surface area contributed by atoms with Crippen molar-refractivity contribution in [2.45, 2.75) is 98.0 Å². The maximum Gasteiger partial charge on any atom is 0.410 e. The first kappa shape index (κ1) is 42.6. The average Bonchev–Trinajstić information content (AvgIpc) is 3.48. The van der Waals surface area contributed by atoms with Crippen LogP contribution in [0.15, 0.2) is 78.9 Å². The fourth-order valence-corrected chi connectivity index (χ4v) is 6.96. The van der Waals surface area contributed by atoms with Gasteiger partial charge in [-0.1, -0.05) is 120 Å². The Morgan fingerprint density at radius 1 is 0.636 bits per heavy atom. The van der Waals surface area contributed by atoms with Crippen LogP contribution < -0.4 is 10.6 Å². The number of carbonyl (C=O) groups is 5. The number of esters is 1. The highest BCUT2D eigenvalue weighted by molar-refractivity contribution is 5.95. The quantitative estimate of drug-likeness (QED) is 0.150. The van der Waals surface area contributed by atoms with Gasteiger partial charge in [-0.05, 0) is 65.3 Å². The van der Waals surface area contributed by atoms with E-state index < -0.39 is 54.0 Å². The second kappa shape index (κ2) is 19.4. The van der Waals surface area contributed by atoms with Crippen LogP contribution in [-0.4, -0.2) is 84.5 Å².